The highest BCUT2D eigenvalue weighted by Crippen LogP contribution is 2.18. The number of hydrogen-bond acceptors (Lipinski definition) is 6. The fraction of sp³-hybridized carbons (Fsp3) is 0.429. The molecule has 0 atom stereocenters. The lowest BCUT2D eigenvalue weighted by Crippen LogP contribution is -2.31. The summed E-state index contributed by atoms with van der Waals surface area (Å²) in [4.78, 5) is 0.0937. The third-order valence-electron chi connectivity index (χ3n) is 4.17. The van der Waals surface area contributed by atoms with Gasteiger partial charge in [0.2, 0.25) is 20.0 Å². The van der Waals surface area contributed by atoms with Crippen LogP contribution >= 0.6 is 0 Å². The van der Waals surface area contributed by atoms with Gasteiger partial charge < -0.3 is 9.47 Å². The first-order valence-electron chi connectivity index (χ1n) is 10.00. The molecule has 0 heterocycles. The molecule has 0 aliphatic carbocycles. The standard InChI is InChI=1S/C21H30N2O6S2/c1-4-28-13-14-29-20-9-11-21(12-10-20)31(26,27)22-15-18-7-5-6-8-19(18)16-30(24,25)23-17(2)3/h5-12,17,22-23H,4,13-16H2,1-3H3. The van der Waals surface area contributed by atoms with E-state index >= 15 is 0 Å². The Bertz CT molecular complexity index is 1040. The lowest BCUT2D eigenvalue weighted by Gasteiger charge is -2.14. The SMILES string of the molecule is CCOCCOc1ccc(S(=O)(=O)NCc2ccccc2CS(=O)(=O)NC(C)C)cc1. The fourth-order valence-electron chi connectivity index (χ4n) is 2.81. The first kappa shape index (κ1) is 25.3. The van der Waals surface area contributed by atoms with E-state index in [0.717, 1.165) is 0 Å². The molecule has 0 aliphatic rings. The van der Waals surface area contributed by atoms with E-state index < -0.39 is 20.0 Å². The van der Waals surface area contributed by atoms with Crippen LogP contribution in [0.3, 0.4) is 0 Å². The maximum atomic E-state index is 12.7. The Balaban J connectivity index is 2.04. The largest absolute Gasteiger partial charge is 0.491 e. The maximum Gasteiger partial charge on any atom is 0.240 e. The van der Waals surface area contributed by atoms with Crippen molar-refractivity contribution in [3.63, 3.8) is 0 Å². The van der Waals surface area contributed by atoms with E-state index in [1.165, 1.54) is 12.1 Å². The summed E-state index contributed by atoms with van der Waals surface area (Å²) in [6.45, 7) is 6.80. The van der Waals surface area contributed by atoms with Gasteiger partial charge in [0.25, 0.3) is 0 Å². The number of rotatable bonds is 13. The minimum absolute atomic E-state index is 0.0255. The van der Waals surface area contributed by atoms with Crippen LogP contribution in [-0.2, 0) is 37.1 Å². The first-order valence-corrected chi connectivity index (χ1v) is 13.1. The van der Waals surface area contributed by atoms with E-state index in [9.17, 15) is 16.8 Å². The van der Waals surface area contributed by atoms with E-state index in [1.807, 2.05) is 6.92 Å². The van der Waals surface area contributed by atoms with Gasteiger partial charge in [-0.3, -0.25) is 0 Å². The average Bonchev–Trinajstić information content (AvgIpc) is 2.70. The monoisotopic (exact) mass is 470 g/mol. The predicted molar refractivity (Wildman–Crippen MR) is 120 cm³/mol. The maximum absolute atomic E-state index is 12.7. The molecule has 10 heteroatoms. The molecule has 0 aliphatic heterocycles. The number of ether oxygens (including phenoxy) is 2. The molecule has 0 spiro atoms. The molecule has 0 bridgehead atoms. The molecule has 2 rings (SSSR count). The average molecular weight is 471 g/mol. The Kier molecular flexibility index (Phi) is 9.45. The molecule has 0 fully saturated rings. The van der Waals surface area contributed by atoms with Gasteiger partial charge in [-0.15, -0.1) is 0 Å². The summed E-state index contributed by atoms with van der Waals surface area (Å²) in [5.41, 5.74) is 1.13. The van der Waals surface area contributed by atoms with Crippen molar-refractivity contribution in [3.05, 3.63) is 59.7 Å². The smallest absolute Gasteiger partial charge is 0.240 e. The predicted octanol–water partition coefficient (Wildman–Crippen LogP) is 2.41. The van der Waals surface area contributed by atoms with Crippen LogP contribution in [0, 0.1) is 0 Å². The van der Waals surface area contributed by atoms with Crippen LogP contribution in [0.5, 0.6) is 5.75 Å². The molecule has 2 N–H and O–H groups in total. The molecule has 2 aromatic carbocycles. The molecular weight excluding hydrogens is 440 g/mol. The number of nitrogens with one attached hydrogen (secondary N) is 2. The Morgan fingerprint density at radius 2 is 1.55 bits per heavy atom. The topological polar surface area (TPSA) is 111 Å². The summed E-state index contributed by atoms with van der Waals surface area (Å²) in [6.07, 6.45) is 0. The highest BCUT2D eigenvalue weighted by Gasteiger charge is 2.18. The molecule has 0 saturated carbocycles. The van der Waals surface area contributed by atoms with Gasteiger partial charge in [0.1, 0.15) is 12.4 Å². The third-order valence-corrected chi connectivity index (χ3v) is 7.11. The van der Waals surface area contributed by atoms with Crippen molar-refractivity contribution in [1.29, 1.82) is 0 Å². The lowest BCUT2D eigenvalue weighted by molar-refractivity contribution is 0.110. The van der Waals surface area contributed by atoms with Crippen molar-refractivity contribution in [2.45, 2.75) is 44.0 Å². The minimum Gasteiger partial charge on any atom is -0.491 e. The van der Waals surface area contributed by atoms with Crippen LogP contribution in [0.4, 0.5) is 0 Å². The second-order valence-corrected chi connectivity index (χ2v) is 10.7. The van der Waals surface area contributed by atoms with Crippen LogP contribution in [0.15, 0.2) is 53.4 Å². The molecule has 0 radical (unpaired) electrons. The fourth-order valence-corrected chi connectivity index (χ4v) is 5.31. The summed E-state index contributed by atoms with van der Waals surface area (Å²) in [6, 6.07) is 12.7. The zero-order valence-corrected chi connectivity index (χ0v) is 19.6. The Morgan fingerprint density at radius 1 is 0.903 bits per heavy atom. The zero-order valence-electron chi connectivity index (χ0n) is 18.0. The summed E-state index contributed by atoms with van der Waals surface area (Å²) in [5.74, 6) is 0.323. The van der Waals surface area contributed by atoms with E-state index in [1.54, 1.807) is 50.2 Å². The summed E-state index contributed by atoms with van der Waals surface area (Å²) < 4.78 is 65.6. The molecule has 0 saturated heterocycles. The Hall–Kier alpha value is -1.98. The highest BCUT2D eigenvalue weighted by atomic mass is 32.2. The van der Waals surface area contributed by atoms with Crippen LogP contribution in [0.1, 0.15) is 31.9 Å². The van der Waals surface area contributed by atoms with Gasteiger partial charge in [-0.1, -0.05) is 24.3 Å². The molecule has 0 aromatic heterocycles. The van der Waals surface area contributed by atoms with E-state index in [0.29, 0.717) is 36.7 Å². The summed E-state index contributed by atoms with van der Waals surface area (Å²) >= 11 is 0. The van der Waals surface area contributed by atoms with Gasteiger partial charge >= 0.3 is 0 Å². The molecule has 0 unspecified atom stereocenters. The van der Waals surface area contributed by atoms with E-state index in [2.05, 4.69) is 9.44 Å². The van der Waals surface area contributed by atoms with Gasteiger partial charge in [-0.05, 0) is 56.2 Å². The summed E-state index contributed by atoms with van der Waals surface area (Å²) in [7, 11) is -7.31. The van der Waals surface area contributed by atoms with Crippen LogP contribution in [0.25, 0.3) is 0 Å². The van der Waals surface area contributed by atoms with Crippen molar-refractivity contribution in [3.8, 4) is 5.75 Å². The van der Waals surface area contributed by atoms with Gasteiger partial charge in [0.15, 0.2) is 0 Å². The van der Waals surface area contributed by atoms with Gasteiger partial charge in [-0.2, -0.15) is 0 Å². The van der Waals surface area contributed by atoms with Gasteiger partial charge in [0.05, 0.1) is 17.3 Å². The highest BCUT2D eigenvalue weighted by molar-refractivity contribution is 7.89. The second kappa shape index (κ2) is 11.6. The van der Waals surface area contributed by atoms with E-state index in [4.69, 9.17) is 9.47 Å². The number of sulfonamides is 2. The van der Waals surface area contributed by atoms with Gasteiger partial charge in [-0.25, -0.2) is 26.3 Å². The second-order valence-electron chi connectivity index (χ2n) is 7.14. The van der Waals surface area contributed by atoms with Crippen molar-refractivity contribution in [2.24, 2.45) is 0 Å². The van der Waals surface area contributed by atoms with Gasteiger partial charge in [0, 0.05) is 19.2 Å². The lowest BCUT2D eigenvalue weighted by atomic mass is 10.1. The molecule has 8 nitrogen and oxygen atoms in total. The normalized spacial score (nSPS) is 12.3. The van der Waals surface area contributed by atoms with E-state index in [-0.39, 0.29) is 23.2 Å². The number of benzene rings is 2. The minimum atomic E-state index is -3.78. The van der Waals surface area contributed by atoms with Crippen molar-refractivity contribution < 1.29 is 26.3 Å². The molecule has 172 valence electrons. The first-order chi connectivity index (χ1) is 14.6. The summed E-state index contributed by atoms with van der Waals surface area (Å²) in [5, 5.41) is 0. The molecular formula is C21H30N2O6S2. The van der Waals surface area contributed by atoms with Crippen molar-refractivity contribution >= 4 is 20.0 Å². The molecule has 31 heavy (non-hydrogen) atoms. The Morgan fingerprint density at radius 3 is 2.16 bits per heavy atom. The van der Waals surface area contributed by atoms with Crippen LogP contribution in [0.2, 0.25) is 0 Å². The number of hydrogen-bond donors (Lipinski definition) is 2. The van der Waals surface area contributed by atoms with Crippen LogP contribution in [-0.4, -0.2) is 42.7 Å². The molecule has 2 aromatic rings. The van der Waals surface area contributed by atoms with Crippen molar-refractivity contribution in [2.75, 3.05) is 19.8 Å². The van der Waals surface area contributed by atoms with Crippen LogP contribution < -0.4 is 14.2 Å². The Labute approximate surface area is 185 Å². The zero-order chi connectivity index (χ0) is 22.9. The van der Waals surface area contributed by atoms with Crippen molar-refractivity contribution in [1.82, 2.24) is 9.44 Å². The quantitative estimate of drug-likeness (QED) is 0.435. The third kappa shape index (κ3) is 8.58. The molecule has 0 amide bonds.